The number of carbonyl (C=O) groups excluding carboxylic acids is 3. The first-order chi connectivity index (χ1) is 19.6. The number of aliphatic hydroxyl groups excluding tert-OH is 1. The van der Waals surface area contributed by atoms with Gasteiger partial charge in [-0.15, -0.1) is 24.9 Å². The largest absolute Gasteiger partial charge is 0.494 e. The highest BCUT2D eigenvalue weighted by atomic mass is 32.2. The first-order valence-electron chi connectivity index (χ1n) is 14.8. The Morgan fingerprint density at radius 2 is 1.83 bits per heavy atom. The van der Waals surface area contributed by atoms with Gasteiger partial charge in [0, 0.05) is 42.7 Å². The van der Waals surface area contributed by atoms with E-state index < -0.39 is 27.4 Å². The number of carbonyl (C=O) groups is 3. The molecule has 0 radical (unpaired) electrons. The lowest BCUT2D eigenvalue weighted by atomic mass is 9.66. The lowest BCUT2D eigenvalue weighted by Gasteiger charge is -2.39. The molecule has 1 spiro atoms. The minimum Gasteiger partial charge on any atom is -0.494 e. The van der Waals surface area contributed by atoms with Crippen molar-refractivity contribution in [3.8, 4) is 5.75 Å². The van der Waals surface area contributed by atoms with Gasteiger partial charge in [-0.25, -0.2) is 0 Å². The van der Waals surface area contributed by atoms with Crippen LogP contribution in [0.15, 0.2) is 49.6 Å². The minimum absolute atomic E-state index is 0.0241. The number of nitrogens with zero attached hydrogens (tertiary/aromatic N) is 3. The highest BCUT2D eigenvalue weighted by Crippen LogP contribution is 2.71. The molecule has 3 fully saturated rings. The van der Waals surface area contributed by atoms with E-state index in [1.807, 2.05) is 45.0 Å². The van der Waals surface area contributed by atoms with Crippen molar-refractivity contribution in [1.29, 1.82) is 0 Å². The number of anilines is 1. The Bertz CT molecular complexity index is 1160. The molecule has 1 N–H and O–H groups in total. The molecule has 3 amide bonds. The van der Waals surface area contributed by atoms with Crippen molar-refractivity contribution < 1.29 is 24.2 Å². The second kappa shape index (κ2) is 12.6. The van der Waals surface area contributed by atoms with E-state index in [-0.39, 0.29) is 30.4 Å². The van der Waals surface area contributed by atoms with E-state index in [2.05, 4.69) is 20.1 Å². The average molecular weight is 584 g/mol. The summed E-state index contributed by atoms with van der Waals surface area (Å²) in [5, 5.41) is 9.43. The van der Waals surface area contributed by atoms with Gasteiger partial charge >= 0.3 is 0 Å². The van der Waals surface area contributed by atoms with Gasteiger partial charge in [0.2, 0.25) is 17.7 Å². The van der Waals surface area contributed by atoms with E-state index >= 15 is 0 Å². The highest BCUT2D eigenvalue weighted by Gasteiger charge is 2.77. The number of hydrogen-bond acceptors (Lipinski definition) is 6. The Balaban J connectivity index is 1.75. The summed E-state index contributed by atoms with van der Waals surface area (Å²) < 4.78 is 4.43. The zero-order chi connectivity index (χ0) is 29.9. The molecular weight excluding hydrogens is 538 g/mol. The Labute approximate surface area is 248 Å². The standard InChI is InChI=1S/C32H45N3O5S/c1-7-18-33(22(4)5)30(39)27-32-17-16-31(6,41-32)25(26(32)29(38)35(27)20-10-11-21-36)28(37)34(19-8-2)23-12-14-24(15-13-23)40-9-3/h7-8,12-15,22,25-27,36H,1-2,9-11,16-21H2,3-6H3/t25-,26+,27?,31+,32?/m1/s1. The third-order valence-electron chi connectivity index (χ3n) is 8.85. The molecule has 0 aromatic heterocycles. The summed E-state index contributed by atoms with van der Waals surface area (Å²) >= 11 is 1.68. The number of thioether (sulfide) groups is 1. The van der Waals surface area contributed by atoms with Crippen molar-refractivity contribution in [2.24, 2.45) is 11.8 Å². The molecular formula is C32H45N3O5S. The quantitative estimate of drug-likeness (QED) is 0.260. The fourth-order valence-electron chi connectivity index (χ4n) is 7.08. The van der Waals surface area contributed by atoms with Crippen molar-refractivity contribution in [2.45, 2.75) is 75.0 Å². The van der Waals surface area contributed by atoms with Crippen molar-refractivity contribution in [2.75, 3.05) is 37.7 Å². The normalized spacial score (nSPS) is 28.1. The number of amides is 3. The molecule has 224 valence electrons. The summed E-state index contributed by atoms with van der Waals surface area (Å²) in [6, 6.07) is 6.70. The molecule has 41 heavy (non-hydrogen) atoms. The number of benzene rings is 1. The van der Waals surface area contributed by atoms with Crippen LogP contribution in [0.25, 0.3) is 0 Å². The Morgan fingerprint density at radius 1 is 1.15 bits per heavy atom. The van der Waals surface area contributed by atoms with Crippen molar-refractivity contribution in [3.05, 3.63) is 49.6 Å². The molecule has 1 aromatic rings. The van der Waals surface area contributed by atoms with Crippen LogP contribution in [0.1, 0.15) is 53.4 Å². The second-order valence-electron chi connectivity index (χ2n) is 11.7. The van der Waals surface area contributed by atoms with Crippen molar-refractivity contribution in [1.82, 2.24) is 9.80 Å². The maximum Gasteiger partial charge on any atom is 0.247 e. The van der Waals surface area contributed by atoms with E-state index in [4.69, 9.17) is 4.74 Å². The third-order valence-corrected chi connectivity index (χ3v) is 10.8. The predicted octanol–water partition coefficient (Wildman–Crippen LogP) is 4.28. The highest BCUT2D eigenvalue weighted by molar-refractivity contribution is 8.02. The Hall–Kier alpha value is -2.78. The smallest absolute Gasteiger partial charge is 0.247 e. The zero-order valence-electron chi connectivity index (χ0n) is 24.9. The molecule has 1 aromatic carbocycles. The summed E-state index contributed by atoms with van der Waals surface area (Å²) in [5.74, 6) is -0.773. The van der Waals surface area contributed by atoms with Gasteiger partial charge in [0.25, 0.3) is 0 Å². The van der Waals surface area contributed by atoms with Crippen LogP contribution in [-0.2, 0) is 14.4 Å². The maximum absolute atomic E-state index is 14.5. The maximum atomic E-state index is 14.5. The Kier molecular flexibility index (Phi) is 9.59. The molecule has 3 heterocycles. The fraction of sp³-hybridized carbons (Fsp3) is 0.594. The molecule has 9 heteroatoms. The number of rotatable bonds is 14. The molecule has 2 unspecified atom stereocenters. The van der Waals surface area contributed by atoms with Crippen LogP contribution in [-0.4, -0.2) is 87.1 Å². The summed E-state index contributed by atoms with van der Waals surface area (Å²) in [6.45, 7) is 17.3. The molecule has 3 saturated heterocycles. The number of aliphatic hydroxyl groups is 1. The van der Waals surface area contributed by atoms with E-state index in [1.54, 1.807) is 38.6 Å². The van der Waals surface area contributed by atoms with Crippen molar-refractivity contribution >= 4 is 35.2 Å². The van der Waals surface area contributed by atoms with Gasteiger partial charge in [-0.1, -0.05) is 12.2 Å². The van der Waals surface area contributed by atoms with Crippen LogP contribution in [0.4, 0.5) is 5.69 Å². The first-order valence-corrected chi connectivity index (χ1v) is 15.6. The van der Waals surface area contributed by atoms with Crippen LogP contribution >= 0.6 is 11.8 Å². The van der Waals surface area contributed by atoms with E-state index in [9.17, 15) is 19.5 Å². The molecule has 3 aliphatic heterocycles. The lowest BCUT2D eigenvalue weighted by molar-refractivity contribution is -0.143. The lowest BCUT2D eigenvalue weighted by Crippen LogP contribution is -2.56. The molecule has 4 rings (SSSR count). The molecule has 3 aliphatic rings. The number of hydrogen-bond donors (Lipinski definition) is 1. The number of fused-ring (bicyclic) bond motifs is 1. The molecule has 2 bridgehead atoms. The van der Waals surface area contributed by atoms with Crippen LogP contribution in [0, 0.1) is 11.8 Å². The molecule has 0 saturated carbocycles. The molecule has 0 aliphatic carbocycles. The monoisotopic (exact) mass is 583 g/mol. The topological polar surface area (TPSA) is 90.4 Å². The molecule has 8 nitrogen and oxygen atoms in total. The predicted molar refractivity (Wildman–Crippen MR) is 164 cm³/mol. The van der Waals surface area contributed by atoms with Gasteiger partial charge < -0.3 is 24.5 Å². The SMILES string of the molecule is C=CCN(C(=O)[C@H]1[C@H]2C(=O)N(CCCCO)C(C(=O)N(CC=C)C(C)C)C23CC[C@]1(C)S3)c1ccc(OCC)cc1. The van der Waals surface area contributed by atoms with E-state index in [0.29, 0.717) is 45.5 Å². The van der Waals surface area contributed by atoms with E-state index in [0.717, 1.165) is 17.9 Å². The fourth-order valence-corrected chi connectivity index (χ4v) is 9.42. The summed E-state index contributed by atoms with van der Waals surface area (Å²) in [6.07, 6.45) is 6.00. The minimum atomic E-state index is -0.685. The number of ether oxygens (including phenoxy) is 1. The van der Waals surface area contributed by atoms with Gasteiger partial charge in [-0.3, -0.25) is 14.4 Å². The van der Waals surface area contributed by atoms with Crippen LogP contribution in [0.2, 0.25) is 0 Å². The van der Waals surface area contributed by atoms with Crippen LogP contribution in [0.3, 0.4) is 0 Å². The average Bonchev–Trinajstić information content (AvgIpc) is 3.51. The zero-order valence-corrected chi connectivity index (χ0v) is 25.7. The summed E-state index contributed by atoms with van der Waals surface area (Å²) in [7, 11) is 0. The first kappa shape index (κ1) is 31.2. The van der Waals surface area contributed by atoms with Crippen LogP contribution in [0.5, 0.6) is 5.75 Å². The second-order valence-corrected chi connectivity index (χ2v) is 13.6. The molecule has 5 atom stereocenters. The van der Waals surface area contributed by atoms with Gasteiger partial charge in [-0.2, -0.15) is 0 Å². The van der Waals surface area contributed by atoms with Gasteiger partial charge in [0.15, 0.2) is 0 Å². The number of likely N-dealkylation sites (tertiary alicyclic amines) is 1. The summed E-state index contributed by atoms with van der Waals surface area (Å²) in [5.41, 5.74) is 0.721. The van der Waals surface area contributed by atoms with Gasteiger partial charge in [-0.05, 0) is 77.6 Å². The van der Waals surface area contributed by atoms with Gasteiger partial charge in [0.05, 0.1) is 23.2 Å². The van der Waals surface area contributed by atoms with E-state index in [1.165, 1.54) is 0 Å². The van der Waals surface area contributed by atoms with Gasteiger partial charge in [0.1, 0.15) is 11.8 Å². The third kappa shape index (κ3) is 5.43. The van der Waals surface area contributed by atoms with Crippen molar-refractivity contribution in [3.63, 3.8) is 0 Å². The summed E-state index contributed by atoms with van der Waals surface area (Å²) in [4.78, 5) is 48.5. The number of unbranched alkanes of at least 4 members (excludes halogenated alkanes) is 1. The Morgan fingerprint density at radius 3 is 2.41 bits per heavy atom. The van der Waals surface area contributed by atoms with Crippen LogP contribution < -0.4 is 9.64 Å².